The standard InChI is InChI=1S/C12H13BrN2/c13-10-2-1-3-11-9(10)6-12-8(7-14)4-5-15(11)12/h1-3,6,8H,4-5,7,14H2. The minimum atomic E-state index is 0.546. The molecule has 0 amide bonds. The van der Waals surface area contributed by atoms with Gasteiger partial charge in [0.05, 0.1) is 0 Å². The fourth-order valence-electron chi connectivity index (χ4n) is 2.53. The molecule has 0 saturated carbocycles. The number of nitrogens with two attached hydrogens (primary N) is 1. The second-order valence-corrected chi connectivity index (χ2v) is 4.97. The number of nitrogens with zero attached hydrogens (tertiary/aromatic N) is 1. The largest absolute Gasteiger partial charge is 0.344 e. The lowest BCUT2D eigenvalue weighted by Gasteiger charge is -2.02. The highest BCUT2D eigenvalue weighted by Crippen LogP contribution is 2.36. The lowest BCUT2D eigenvalue weighted by Crippen LogP contribution is -2.08. The zero-order valence-corrected chi connectivity index (χ0v) is 10.00. The van der Waals surface area contributed by atoms with Crippen LogP contribution in [0.2, 0.25) is 0 Å². The molecule has 2 nitrogen and oxygen atoms in total. The molecule has 78 valence electrons. The van der Waals surface area contributed by atoms with E-state index in [1.807, 2.05) is 0 Å². The van der Waals surface area contributed by atoms with E-state index in [0.717, 1.165) is 13.1 Å². The van der Waals surface area contributed by atoms with Crippen LogP contribution in [0.5, 0.6) is 0 Å². The van der Waals surface area contributed by atoms with E-state index < -0.39 is 0 Å². The third-order valence-electron chi connectivity index (χ3n) is 3.33. The molecule has 0 bridgehead atoms. The summed E-state index contributed by atoms with van der Waals surface area (Å²) in [5, 5.41) is 1.31. The van der Waals surface area contributed by atoms with Crippen molar-refractivity contribution in [2.24, 2.45) is 5.73 Å². The van der Waals surface area contributed by atoms with Gasteiger partial charge in [-0.3, -0.25) is 0 Å². The zero-order valence-electron chi connectivity index (χ0n) is 8.41. The Kier molecular flexibility index (Phi) is 2.11. The van der Waals surface area contributed by atoms with Gasteiger partial charge in [0, 0.05) is 40.1 Å². The fraction of sp³-hybridized carbons (Fsp3) is 0.333. The van der Waals surface area contributed by atoms with Crippen LogP contribution < -0.4 is 5.73 Å². The van der Waals surface area contributed by atoms with Gasteiger partial charge >= 0.3 is 0 Å². The van der Waals surface area contributed by atoms with Crippen LogP contribution in [0.4, 0.5) is 0 Å². The first kappa shape index (κ1) is 9.43. The van der Waals surface area contributed by atoms with Gasteiger partial charge in [-0.25, -0.2) is 0 Å². The zero-order chi connectivity index (χ0) is 10.4. The van der Waals surface area contributed by atoms with Gasteiger partial charge in [-0.1, -0.05) is 22.0 Å². The maximum Gasteiger partial charge on any atom is 0.0494 e. The van der Waals surface area contributed by atoms with Gasteiger partial charge in [0.1, 0.15) is 0 Å². The van der Waals surface area contributed by atoms with E-state index in [0.29, 0.717) is 5.92 Å². The molecule has 1 aliphatic rings. The normalized spacial score (nSPS) is 19.7. The molecule has 1 aromatic carbocycles. The van der Waals surface area contributed by atoms with Crippen molar-refractivity contribution < 1.29 is 0 Å². The van der Waals surface area contributed by atoms with Crippen LogP contribution in [-0.4, -0.2) is 11.1 Å². The van der Waals surface area contributed by atoms with Crippen molar-refractivity contribution in [2.75, 3.05) is 6.54 Å². The van der Waals surface area contributed by atoms with Crippen molar-refractivity contribution in [1.29, 1.82) is 0 Å². The van der Waals surface area contributed by atoms with Crippen molar-refractivity contribution >= 4 is 26.8 Å². The number of hydrogen-bond donors (Lipinski definition) is 1. The molecule has 0 radical (unpaired) electrons. The van der Waals surface area contributed by atoms with Crippen molar-refractivity contribution in [3.63, 3.8) is 0 Å². The third-order valence-corrected chi connectivity index (χ3v) is 4.02. The van der Waals surface area contributed by atoms with Crippen LogP contribution in [0, 0.1) is 0 Å². The van der Waals surface area contributed by atoms with Crippen LogP contribution in [-0.2, 0) is 6.54 Å². The van der Waals surface area contributed by atoms with Crippen molar-refractivity contribution in [1.82, 2.24) is 4.57 Å². The van der Waals surface area contributed by atoms with Gasteiger partial charge in [-0.2, -0.15) is 0 Å². The summed E-state index contributed by atoms with van der Waals surface area (Å²) in [6.45, 7) is 1.87. The van der Waals surface area contributed by atoms with E-state index in [4.69, 9.17) is 5.73 Å². The monoisotopic (exact) mass is 264 g/mol. The van der Waals surface area contributed by atoms with Crippen LogP contribution in [0.1, 0.15) is 18.0 Å². The highest BCUT2D eigenvalue weighted by Gasteiger charge is 2.23. The Balaban J connectivity index is 2.29. The van der Waals surface area contributed by atoms with Gasteiger partial charge in [0.15, 0.2) is 0 Å². The Morgan fingerprint density at radius 2 is 2.33 bits per heavy atom. The molecule has 2 N–H and O–H groups in total. The molecule has 0 fully saturated rings. The second kappa shape index (κ2) is 3.35. The second-order valence-electron chi connectivity index (χ2n) is 4.11. The lowest BCUT2D eigenvalue weighted by molar-refractivity contribution is 0.673. The molecule has 15 heavy (non-hydrogen) atoms. The molecule has 2 aromatic rings. The average molecular weight is 265 g/mol. The molecule has 0 spiro atoms. The van der Waals surface area contributed by atoms with Crippen LogP contribution in [0.15, 0.2) is 28.7 Å². The summed E-state index contributed by atoms with van der Waals surface area (Å²) >= 11 is 3.59. The maximum absolute atomic E-state index is 5.78. The summed E-state index contributed by atoms with van der Waals surface area (Å²) in [5.41, 5.74) is 8.51. The first-order valence-corrected chi connectivity index (χ1v) is 6.08. The van der Waals surface area contributed by atoms with Crippen molar-refractivity contribution in [3.05, 3.63) is 34.4 Å². The Labute approximate surface area is 97.2 Å². The SMILES string of the molecule is NCC1CCn2c1cc1c(Br)cccc12. The summed E-state index contributed by atoms with van der Waals surface area (Å²) in [5.74, 6) is 0.546. The maximum atomic E-state index is 5.78. The summed E-state index contributed by atoms with van der Waals surface area (Å²) in [4.78, 5) is 0. The fourth-order valence-corrected chi connectivity index (χ4v) is 3.00. The highest BCUT2D eigenvalue weighted by atomic mass is 79.9. The third kappa shape index (κ3) is 1.26. The number of benzene rings is 1. The predicted octanol–water partition coefficient (Wildman–Crippen LogP) is 2.85. The van der Waals surface area contributed by atoms with Gasteiger partial charge < -0.3 is 10.3 Å². The molecule has 2 heterocycles. The minimum absolute atomic E-state index is 0.546. The van der Waals surface area contributed by atoms with E-state index in [2.05, 4.69) is 44.8 Å². The van der Waals surface area contributed by atoms with Crippen molar-refractivity contribution in [2.45, 2.75) is 18.9 Å². The van der Waals surface area contributed by atoms with E-state index in [9.17, 15) is 0 Å². The van der Waals surface area contributed by atoms with Crippen LogP contribution >= 0.6 is 15.9 Å². The molecule has 3 heteroatoms. The molecular formula is C12H13BrN2. The molecule has 1 aliphatic heterocycles. The number of halogens is 1. The molecular weight excluding hydrogens is 252 g/mol. The smallest absolute Gasteiger partial charge is 0.0494 e. The number of aromatic nitrogens is 1. The molecule has 1 aromatic heterocycles. The topological polar surface area (TPSA) is 30.9 Å². The average Bonchev–Trinajstić information content (AvgIpc) is 2.77. The van der Waals surface area contributed by atoms with E-state index >= 15 is 0 Å². The number of fused-ring (bicyclic) bond motifs is 3. The van der Waals surface area contributed by atoms with Crippen LogP contribution in [0.25, 0.3) is 10.9 Å². The molecule has 1 unspecified atom stereocenters. The van der Waals surface area contributed by atoms with Gasteiger partial charge in [0.25, 0.3) is 0 Å². The Bertz CT molecular complexity index is 516. The summed E-state index contributed by atoms with van der Waals surface area (Å²) in [6.07, 6.45) is 1.19. The number of aryl methyl sites for hydroxylation is 1. The highest BCUT2D eigenvalue weighted by molar-refractivity contribution is 9.10. The number of rotatable bonds is 1. The van der Waals surface area contributed by atoms with Gasteiger partial charge in [0.2, 0.25) is 0 Å². The van der Waals surface area contributed by atoms with Crippen molar-refractivity contribution in [3.8, 4) is 0 Å². The van der Waals surface area contributed by atoms with Gasteiger partial charge in [-0.15, -0.1) is 0 Å². The van der Waals surface area contributed by atoms with Gasteiger partial charge in [-0.05, 0) is 24.6 Å². The summed E-state index contributed by atoms with van der Waals surface area (Å²) < 4.78 is 3.58. The molecule has 3 rings (SSSR count). The lowest BCUT2D eigenvalue weighted by atomic mass is 10.1. The number of hydrogen-bond acceptors (Lipinski definition) is 1. The minimum Gasteiger partial charge on any atom is -0.344 e. The molecule has 1 atom stereocenters. The first-order chi connectivity index (χ1) is 7.31. The molecule has 0 aliphatic carbocycles. The van der Waals surface area contributed by atoms with E-state index in [1.165, 1.54) is 27.5 Å². The van der Waals surface area contributed by atoms with Crippen LogP contribution in [0.3, 0.4) is 0 Å². The Hall–Kier alpha value is -0.800. The predicted molar refractivity (Wildman–Crippen MR) is 66.1 cm³/mol. The van der Waals surface area contributed by atoms with E-state index in [1.54, 1.807) is 0 Å². The van der Waals surface area contributed by atoms with E-state index in [-0.39, 0.29) is 0 Å². The Morgan fingerprint density at radius 1 is 1.47 bits per heavy atom. The molecule has 0 saturated heterocycles. The summed E-state index contributed by atoms with van der Waals surface area (Å²) in [6, 6.07) is 8.65. The first-order valence-electron chi connectivity index (χ1n) is 5.29. The Morgan fingerprint density at radius 3 is 3.13 bits per heavy atom. The summed E-state index contributed by atoms with van der Waals surface area (Å²) in [7, 11) is 0. The quantitative estimate of drug-likeness (QED) is 0.844.